The van der Waals surface area contributed by atoms with Crippen LogP contribution >= 0.6 is 11.8 Å². The Labute approximate surface area is 248 Å². The molecule has 1 aromatic heterocycles. The lowest BCUT2D eigenvalue weighted by Crippen LogP contribution is -2.63. The lowest BCUT2D eigenvalue weighted by molar-refractivity contribution is 0.486. The van der Waals surface area contributed by atoms with E-state index in [1.165, 1.54) is 31.6 Å². The first kappa shape index (κ1) is 22.8. The van der Waals surface area contributed by atoms with Crippen LogP contribution in [-0.4, -0.2) is 18.4 Å². The van der Waals surface area contributed by atoms with E-state index in [2.05, 4.69) is 114 Å². The fraction of sp³-hybridized carbons (Fsp3) is 0. The van der Waals surface area contributed by atoms with Crippen LogP contribution in [0.4, 0.5) is 17.2 Å². The molecule has 0 fully saturated rings. The number of benzene rings is 5. The number of ether oxygens (including phenoxy) is 2. The highest BCUT2D eigenvalue weighted by molar-refractivity contribution is 8.00. The molecule has 4 aliphatic heterocycles. The van der Waals surface area contributed by atoms with Gasteiger partial charge in [0.05, 0.1) is 0 Å². The molecule has 0 amide bonds. The Morgan fingerprint density at radius 1 is 0.548 bits per heavy atom. The molecule has 42 heavy (non-hydrogen) atoms. The van der Waals surface area contributed by atoms with Crippen molar-refractivity contribution in [3.63, 3.8) is 0 Å². The van der Waals surface area contributed by atoms with Gasteiger partial charge in [-0.1, -0.05) is 78.5 Å². The van der Waals surface area contributed by atoms with Gasteiger partial charge in [0.1, 0.15) is 28.8 Å². The molecule has 6 aromatic rings. The quantitative estimate of drug-likeness (QED) is 0.278. The molecule has 0 saturated carbocycles. The highest BCUT2D eigenvalue weighted by atomic mass is 32.2. The highest BCUT2D eigenvalue weighted by Gasteiger charge is 2.46. The van der Waals surface area contributed by atoms with Crippen LogP contribution in [0.5, 0.6) is 23.0 Å². The summed E-state index contributed by atoms with van der Waals surface area (Å²) in [6.45, 7) is 0.0132. The average molecular weight is 554 g/mol. The number of pyridine rings is 1. The Bertz CT molecular complexity index is 2120. The second-order valence-corrected chi connectivity index (χ2v) is 12.1. The smallest absolute Gasteiger partial charge is 0.277 e. The van der Waals surface area contributed by atoms with Crippen LogP contribution in [0.3, 0.4) is 0 Å². The van der Waals surface area contributed by atoms with Gasteiger partial charge in [0.25, 0.3) is 13.4 Å². The molecule has 4 aliphatic rings. The summed E-state index contributed by atoms with van der Waals surface area (Å²) in [6, 6.07) is 42.6. The van der Waals surface area contributed by atoms with Gasteiger partial charge in [-0.15, -0.1) is 0 Å². The maximum atomic E-state index is 6.51. The van der Waals surface area contributed by atoms with E-state index in [1.807, 2.05) is 12.1 Å². The van der Waals surface area contributed by atoms with Crippen molar-refractivity contribution in [1.82, 2.24) is 4.98 Å². The minimum Gasteiger partial charge on any atom is -0.458 e. The SMILES string of the molecule is c1ccc(N2c3cccc4c3B(c3ccccc3O4)c3cc4c(nc32)B2c3ccccc3Oc3cccc(c32)S4)cc1. The average Bonchev–Trinajstić information content (AvgIpc) is 3.04. The van der Waals surface area contributed by atoms with E-state index in [0.29, 0.717) is 0 Å². The zero-order valence-corrected chi connectivity index (χ0v) is 23.1. The number of para-hydroxylation sites is 3. The summed E-state index contributed by atoms with van der Waals surface area (Å²) < 4.78 is 12.9. The molecule has 5 heterocycles. The lowest BCUT2D eigenvalue weighted by atomic mass is 9.33. The lowest BCUT2D eigenvalue weighted by Gasteiger charge is -2.40. The van der Waals surface area contributed by atoms with Crippen LogP contribution in [0.1, 0.15) is 0 Å². The summed E-state index contributed by atoms with van der Waals surface area (Å²) in [5.74, 6) is 4.60. The minimum absolute atomic E-state index is 0.00460. The maximum absolute atomic E-state index is 6.51. The van der Waals surface area contributed by atoms with Gasteiger partial charge in [0.2, 0.25) is 0 Å². The van der Waals surface area contributed by atoms with Crippen molar-refractivity contribution in [3.8, 4) is 23.0 Å². The van der Waals surface area contributed by atoms with Crippen molar-refractivity contribution >= 4 is 75.3 Å². The van der Waals surface area contributed by atoms with Gasteiger partial charge >= 0.3 is 0 Å². The van der Waals surface area contributed by atoms with Crippen molar-refractivity contribution in [3.05, 3.63) is 121 Å². The Kier molecular flexibility index (Phi) is 4.52. The van der Waals surface area contributed by atoms with Gasteiger partial charge < -0.3 is 9.47 Å². The van der Waals surface area contributed by atoms with Crippen molar-refractivity contribution in [2.45, 2.75) is 9.79 Å². The fourth-order valence-electron chi connectivity index (χ4n) is 7.14. The van der Waals surface area contributed by atoms with Crippen LogP contribution in [0.15, 0.2) is 131 Å². The van der Waals surface area contributed by atoms with Crippen LogP contribution in [0.25, 0.3) is 0 Å². The van der Waals surface area contributed by atoms with E-state index < -0.39 is 0 Å². The van der Waals surface area contributed by atoms with E-state index in [9.17, 15) is 0 Å². The third-order valence-electron chi connectivity index (χ3n) is 8.84. The van der Waals surface area contributed by atoms with Gasteiger partial charge in [-0.3, -0.25) is 4.90 Å². The molecule has 5 aromatic carbocycles. The number of aromatic nitrogens is 1. The first-order valence-electron chi connectivity index (χ1n) is 14.2. The summed E-state index contributed by atoms with van der Waals surface area (Å²) in [6.07, 6.45) is 0. The summed E-state index contributed by atoms with van der Waals surface area (Å²) >= 11 is 1.80. The molecule has 10 rings (SSSR count). The molecule has 194 valence electrons. The third kappa shape index (κ3) is 2.98. The minimum atomic E-state index is -0.00460. The Balaban J connectivity index is 1.29. The van der Waals surface area contributed by atoms with Gasteiger partial charge in [0, 0.05) is 26.8 Å². The highest BCUT2D eigenvalue weighted by Crippen LogP contribution is 2.42. The second kappa shape index (κ2) is 8.34. The first-order valence-corrected chi connectivity index (χ1v) is 15.0. The van der Waals surface area contributed by atoms with Crippen molar-refractivity contribution in [1.29, 1.82) is 0 Å². The van der Waals surface area contributed by atoms with Crippen LogP contribution in [0.2, 0.25) is 0 Å². The topological polar surface area (TPSA) is 34.6 Å². The van der Waals surface area contributed by atoms with E-state index in [0.717, 1.165) is 51.2 Å². The van der Waals surface area contributed by atoms with Crippen molar-refractivity contribution in [2.24, 2.45) is 0 Å². The number of anilines is 3. The largest absolute Gasteiger partial charge is 0.458 e. The Hall–Kier alpha value is -4.87. The molecule has 0 atom stereocenters. The van der Waals surface area contributed by atoms with Crippen LogP contribution < -0.4 is 47.3 Å². The zero-order valence-electron chi connectivity index (χ0n) is 22.3. The zero-order chi connectivity index (χ0) is 27.4. The molecule has 0 saturated heterocycles. The van der Waals surface area contributed by atoms with Gasteiger partial charge in [-0.2, -0.15) is 0 Å². The number of fused-ring (bicyclic) bond motifs is 8. The number of rotatable bonds is 1. The predicted molar refractivity (Wildman–Crippen MR) is 172 cm³/mol. The van der Waals surface area contributed by atoms with E-state index in [-0.39, 0.29) is 13.4 Å². The molecular weight excluding hydrogens is 534 g/mol. The van der Waals surface area contributed by atoms with Gasteiger partial charge in [-0.05, 0) is 81.9 Å². The fourth-order valence-corrected chi connectivity index (χ4v) is 8.30. The third-order valence-corrected chi connectivity index (χ3v) is 9.96. The molecule has 0 aliphatic carbocycles. The molecule has 0 unspecified atom stereocenters. The molecule has 4 nitrogen and oxygen atoms in total. The molecule has 0 radical (unpaired) electrons. The number of hydrogen-bond acceptors (Lipinski definition) is 5. The number of nitrogens with zero attached hydrogens (tertiary/aromatic N) is 2. The monoisotopic (exact) mass is 554 g/mol. The second-order valence-electron chi connectivity index (χ2n) is 11.1. The maximum Gasteiger partial charge on any atom is 0.277 e. The Morgan fingerprint density at radius 2 is 1.19 bits per heavy atom. The van der Waals surface area contributed by atoms with Gasteiger partial charge in [-0.25, -0.2) is 4.98 Å². The summed E-state index contributed by atoms with van der Waals surface area (Å²) in [5.41, 5.74) is 9.19. The van der Waals surface area contributed by atoms with Gasteiger partial charge in [0.15, 0.2) is 0 Å². The molecule has 0 spiro atoms. The summed E-state index contributed by atoms with van der Waals surface area (Å²) in [7, 11) is 0. The van der Waals surface area contributed by atoms with E-state index in [1.54, 1.807) is 11.8 Å². The summed E-state index contributed by atoms with van der Waals surface area (Å²) in [5, 5.41) is 0. The standard InChI is InChI=1S/C35H20B2N2O2S/c1-2-10-21(11-3-1)39-25-14-8-17-28-32(25)36(22-12-4-6-15-26(22)40-28)24-20-31-34(38-35(24)39)37-23-13-5-7-16-27(23)41-29-18-9-19-30(42-31)33(29)37/h1-20H. The normalized spacial score (nSPS) is 14.3. The number of hydrogen-bond donors (Lipinski definition) is 0. The van der Waals surface area contributed by atoms with Crippen molar-refractivity contribution < 1.29 is 9.47 Å². The van der Waals surface area contributed by atoms with Crippen LogP contribution in [0, 0.1) is 0 Å². The van der Waals surface area contributed by atoms with E-state index >= 15 is 0 Å². The molecular formula is C35H20B2N2O2S. The predicted octanol–water partition coefficient (Wildman–Crippen LogP) is 4.57. The first-order chi connectivity index (χ1) is 20.8. The van der Waals surface area contributed by atoms with Crippen molar-refractivity contribution in [2.75, 3.05) is 4.90 Å². The Morgan fingerprint density at radius 3 is 1.98 bits per heavy atom. The molecule has 0 bridgehead atoms. The van der Waals surface area contributed by atoms with E-state index in [4.69, 9.17) is 14.5 Å². The summed E-state index contributed by atoms with van der Waals surface area (Å²) in [4.78, 5) is 10.4. The molecule has 7 heteroatoms. The van der Waals surface area contributed by atoms with Crippen LogP contribution in [-0.2, 0) is 0 Å². The molecule has 0 N–H and O–H groups in total.